The van der Waals surface area contributed by atoms with Gasteiger partial charge in [0, 0.05) is 23.4 Å². The maximum absolute atomic E-state index is 11.8. The molecule has 0 atom stereocenters. The van der Waals surface area contributed by atoms with Gasteiger partial charge >= 0.3 is 0 Å². The Morgan fingerprint density at radius 3 is 2.55 bits per heavy atom. The normalized spacial score (nSPS) is 11.5. The van der Waals surface area contributed by atoms with Gasteiger partial charge in [-0.05, 0) is 17.7 Å². The first-order valence-electron chi connectivity index (χ1n) is 7.19. The van der Waals surface area contributed by atoms with Crippen molar-refractivity contribution in [1.82, 2.24) is 15.5 Å². The molecule has 5 nitrogen and oxygen atoms in total. The van der Waals surface area contributed by atoms with Gasteiger partial charge < -0.3 is 9.84 Å². The fourth-order valence-corrected chi connectivity index (χ4v) is 1.95. The maximum atomic E-state index is 11.8. The Hall–Kier alpha value is -1.88. The van der Waals surface area contributed by atoms with Crippen LogP contribution in [0, 0.1) is 0 Å². The lowest BCUT2D eigenvalue weighted by Gasteiger charge is -2.10. The average Bonchev–Trinajstić information content (AvgIpc) is 2.90. The fraction of sp³-hybridized carbons (Fsp3) is 0.438. The lowest BCUT2D eigenvalue weighted by Crippen LogP contribution is -2.27. The van der Waals surface area contributed by atoms with Crippen LogP contribution in [0.1, 0.15) is 38.0 Å². The molecule has 0 aliphatic carbocycles. The van der Waals surface area contributed by atoms with E-state index in [1.807, 2.05) is 32.9 Å². The van der Waals surface area contributed by atoms with Crippen LogP contribution < -0.4 is 5.32 Å². The van der Waals surface area contributed by atoms with Crippen LogP contribution in [-0.2, 0) is 23.1 Å². The van der Waals surface area contributed by atoms with Gasteiger partial charge in [-0.3, -0.25) is 4.79 Å². The Bertz CT molecular complexity index is 630. The third-order valence-corrected chi connectivity index (χ3v) is 3.31. The van der Waals surface area contributed by atoms with Crippen LogP contribution in [-0.4, -0.2) is 22.6 Å². The molecule has 0 saturated carbocycles. The Morgan fingerprint density at radius 1 is 1.27 bits per heavy atom. The average molecular weight is 322 g/mol. The number of carbonyl (C=O) groups is 1. The maximum Gasteiger partial charge on any atom is 0.232 e. The van der Waals surface area contributed by atoms with Crippen molar-refractivity contribution in [2.75, 3.05) is 6.54 Å². The van der Waals surface area contributed by atoms with Gasteiger partial charge in [0.25, 0.3) is 0 Å². The zero-order valence-electron chi connectivity index (χ0n) is 13.0. The second kappa shape index (κ2) is 6.92. The lowest BCUT2D eigenvalue weighted by atomic mass is 9.97. The first kappa shape index (κ1) is 16.5. The van der Waals surface area contributed by atoms with E-state index < -0.39 is 0 Å². The molecule has 1 aromatic heterocycles. The van der Waals surface area contributed by atoms with Crippen molar-refractivity contribution in [2.45, 2.75) is 39.0 Å². The monoisotopic (exact) mass is 321 g/mol. The molecule has 0 aliphatic heterocycles. The summed E-state index contributed by atoms with van der Waals surface area (Å²) in [5.74, 6) is 1.17. The number of amides is 1. The number of aromatic nitrogens is 2. The Kier molecular flexibility index (Phi) is 5.19. The van der Waals surface area contributed by atoms with Gasteiger partial charge in [0.1, 0.15) is 0 Å². The van der Waals surface area contributed by atoms with Gasteiger partial charge in [-0.1, -0.05) is 49.7 Å². The van der Waals surface area contributed by atoms with Gasteiger partial charge in [-0.15, -0.1) is 0 Å². The Labute approximate surface area is 135 Å². The van der Waals surface area contributed by atoms with Crippen LogP contribution in [0.5, 0.6) is 0 Å². The van der Waals surface area contributed by atoms with Gasteiger partial charge in [0.15, 0.2) is 5.82 Å². The summed E-state index contributed by atoms with van der Waals surface area (Å²) in [6.07, 6.45) is 0.878. The zero-order chi connectivity index (χ0) is 16.2. The summed E-state index contributed by atoms with van der Waals surface area (Å²) in [7, 11) is 0. The number of nitrogens with one attached hydrogen (secondary N) is 1. The van der Waals surface area contributed by atoms with Crippen molar-refractivity contribution in [3.05, 3.63) is 46.6 Å². The number of halogens is 1. The third kappa shape index (κ3) is 4.84. The quantitative estimate of drug-likeness (QED) is 0.919. The molecule has 0 unspecified atom stereocenters. The highest BCUT2D eigenvalue weighted by molar-refractivity contribution is 6.30. The van der Waals surface area contributed by atoms with E-state index in [4.69, 9.17) is 16.1 Å². The van der Waals surface area contributed by atoms with Crippen LogP contribution in [0.25, 0.3) is 0 Å². The molecule has 0 fully saturated rings. The number of benzene rings is 1. The van der Waals surface area contributed by atoms with Crippen LogP contribution in [0.3, 0.4) is 0 Å². The highest BCUT2D eigenvalue weighted by Gasteiger charge is 2.21. The molecule has 0 spiro atoms. The highest BCUT2D eigenvalue weighted by atomic mass is 35.5. The van der Waals surface area contributed by atoms with Gasteiger partial charge in [0.05, 0.1) is 6.42 Å². The number of hydrogen-bond donors (Lipinski definition) is 1. The summed E-state index contributed by atoms with van der Waals surface area (Å²) in [4.78, 5) is 16.2. The first-order chi connectivity index (χ1) is 10.3. The van der Waals surface area contributed by atoms with E-state index in [2.05, 4.69) is 15.5 Å². The molecule has 1 aromatic carbocycles. The minimum atomic E-state index is -0.164. The van der Waals surface area contributed by atoms with Gasteiger partial charge in [0.2, 0.25) is 11.8 Å². The van der Waals surface area contributed by atoms with E-state index in [9.17, 15) is 4.79 Å². The standard InChI is InChI=1S/C16H20ClN3O2/c1-16(2,3)15-19-13(20-22-15)8-9-18-14(21)10-11-4-6-12(17)7-5-11/h4-7H,8-10H2,1-3H3,(H,18,21). The molecular formula is C16H20ClN3O2. The number of rotatable bonds is 5. The molecule has 2 aromatic rings. The molecule has 0 bridgehead atoms. The summed E-state index contributed by atoms with van der Waals surface area (Å²) in [5, 5.41) is 7.43. The molecule has 1 heterocycles. The summed E-state index contributed by atoms with van der Waals surface area (Å²) >= 11 is 5.81. The fourth-order valence-electron chi connectivity index (χ4n) is 1.82. The van der Waals surface area contributed by atoms with E-state index in [0.29, 0.717) is 36.1 Å². The third-order valence-electron chi connectivity index (χ3n) is 3.06. The molecule has 1 N–H and O–H groups in total. The van der Waals surface area contributed by atoms with Crippen LogP contribution >= 0.6 is 11.6 Å². The van der Waals surface area contributed by atoms with Crippen molar-refractivity contribution in [3.8, 4) is 0 Å². The largest absolute Gasteiger partial charge is 0.355 e. The molecule has 0 radical (unpaired) electrons. The van der Waals surface area contributed by atoms with Gasteiger partial charge in [-0.25, -0.2) is 0 Å². The van der Waals surface area contributed by atoms with E-state index in [-0.39, 0.29) is 11.3 Å². The van der Waals surface area contributed by atoms with Crippen molar-refractivity contribution in [2.24, 2.45) is 0 Å². The lowest BCUT2D eigenvalue weighted by molar-refractivity contribution is -0.120. The van der Waals surface area contributed by atoms with E-state index in [1.165, 1.54) is 0 Å². The summed E-state index contributed by atoms with van der Waals surface area (Å²) in [5.41, 5.74) is 0.764. The smallest absolute Gasteiger partial charge is 0.232 e. The molecule has 0 aliphatic rings. The van der Waals surface area contributed by atoms with E-state index >= 15 is 0 Å². The molecule has 6 heteroatoms. The van der Waals surface area contributed by atoms with Crippen molar-refractivity contribution >= 4 is 17.5 Å². The van der Waals surface area contributed by atoms with Crippen LogP contribution in [0.2, 0.25) is 5.02 Å². The molecule has 118 valence electrons. The summed E-state index contributed by atoms with van der Waals surface area (Å²) < 4.78 is 5.21. The Balaban J connectivity index is 1.77. The SMILES string of the molecule is CC(C)(C)c1nc(CCNC(=O)Cc2ccc(Cl)cc2)no1. The molecule has 22 heavy (non-hydrogen) atoms. The highest BCUT2D eigenvalue weighted by Crippen LogP contribution is 2.19. The topological polar surface area (TPSA) is 68.0 Å². The molecular weight excluding hydrogens is 302 g/mol. The zero-order valence-corrected chi connectivity index (χ0v) is 13.8. The first-order valence-corrected chi connectivity index (χ1v) is 7.56. The number of carbonyl (C=O) groups excluding carboxylic acids is 1. The van der Waals surface area contributed by atoms with Crippen molar-refractivity contribution in [3.63, 3.8) is 0 Å². The second-order valence-corrected chi connectivity index (χ2v) is 6.61. The predicted octanol–water partition coefficient (Wildman–Crippen LogP) is 2.92. The van der Waals surface area contributed by atoms with Crippen LogP contribution in [0.15, 0.2) is 28.8 Å². The van der Waals surface area contributed by atoms with E-state index in [0.717, 1.165) is 5.56 Å². The molecule has 1 amide bonds. The second-order valence-electron chi connectivity index (χ2n) is 6.17. The van der Waals surface area contributed by atoms with Crippen molar-refractivity contribution < 1.29 is 9.32 Å². The minimum absolute atomic E-state index is 0.0399. The number of nitrogens with zero attached hydrogens (tertiary/aromatic N) is 2. The van der Waals surface area contributed by atoms with E-state index in [1.54, 1.807) is 12.1 Å². The number of hydrogen-bond acceptors (Lipinski definition) is 4. The molecule has 2 rings (SSSR count). The predicted molar refractivity (Wildman–Crippen MR) is 84.9 cm³/mol. The van der Waals surface area contributed by atoms with Crippen LogP contribution in [0.4, 0.5) is 0 Å². The van der Waals surface area contributed by atoms with Crippen molar-refractivity contribution in [1.29, 1.82) is 0 Å². The summed E-state index contributed by atoms with van der Waals surface area (Å²) in [6.45, 7) is 6.52. The molecule has 0 saturated heterocycles. The minimum Gasteiger partial charge on any atom is -0.355 e. The van der Waals surface area contributed by atoms with Gasteiger partial charge in [-0.2, -0.15) is 4.98 Å². The Morgan fingerprint density at radius 2 is 1.95 bits per heavy atom. The summed E-state index contributed by atoms with van der Waals surface area (Å²) in [6, 6.07) is 7.24.